The van der Waals surface area contributed by atoms with Gasteiger partial charge in [0.1, 0.15) is 0 Å². The van der Waals surface area contributed by atoms with Gasteiger partial charge in [0.25, 0.3) is 0 Å². The van der Waals surface area contributed by atoms with Gasteiger partial charge >= 0.3 is 5.97 Å². The van der Waals surface area contributed by atoms with Crippen molar-refractivity contribution in [3.63, 3.8) is 0 Å². The first kappa shape index (κ1) is 14.6. The number of hydrogen-bond acceptors (Lipinski definition) is 3. The fourth-order valence-corrected chi connectivity index (χ4v) is 2.80. The second kappa shape index (κ2) is 5.26. The fourth-order valence-electron chi connectivity index (χ4n) is 2.80. The highest BCUT2D eigenvalue weighted by molar-refractivity contribution is 5.97. The van der Waals surface area contributed by atoms with Crippen LogP contribution in [0.25, 0.3) is 10.9 Å². The minimum Gasteiger partial charge on any atom is -0.478 e. The summed E-state index contributed by atoms with van der Waals surface area (Å²) in [7, 11) is 0. The van der Waals surface area contributed by atoms with Crippen molar-refractivity contribution >= 4 is 16.9 Å². The predicted molar refractivity (Wildman–Crippen MR) is 76.1 cm³/mol. The van der Waals surface area contributed by atoms with Crippen molar-refractivity contribution in [2.75, 3.05) is 6.61 Å². The Morgan fingerprint density at radius 2 is 2.00 bits per heavy atom. The van der Waals surface area contributed by atoms with Crippen molar-refractivity contribution in [2.45, 2.75) is 33.4 Å². The van der Waals surface area contributed by atoms with Crippen LogP contribution >= 0.6 is 0 Å². The number of fused-ring (bicyclic) bond motifs is 1. The Morgan fingerprint density at radius 1 is 1.35 bits per heavy atom. The maximum atomic E-state index is 11.3. The lowest BCUT2D eigenvalue weighted by Crippen LogP contribution is -2.06. The Hall–Kier alpha value is -1.85. The van der Waals surface area contributed by atoms with Crippen LogP contribution in [0.3, 0.4) is 0 Å². The van der Waals surface area contributed by atoms with Crippen LogP contribution in [0.1, 0.15) is 40.2 Å². The van der Waals surface area contributed by atoms with E-state index >= 15 is 0 Å². The van der Waals surface area contributed by atoms with E-state index in [1.807, 2.05) is 11.5 Å². The van der Waals surface area contributed by atoms with E-state index < -0.39 is 12.1 Å². The van der Waals surface area contributed by atoms with Gasteiger partial charge in [-0.25, -0.2) is 4.79 Å². The number of hydrogen-bond donors (Lipinski definition) is 3. The minimum atomic E-state index is -0.975. The first-order valence-corrected chi connectivity index (χ1v) is 6.54. The summed E-state index contributed by atoms with van der Waals surface area (Å²) in [6.45, 7) is 5.63. The molecule has 1 atom stereocenters. The molecule has 0 bridgehead atoms. The number of rotatable bonds is 4. The van der Waals surface area contributed by atoms with Gasteiger partial charge in [0.15, 0.2) is 0 Å². The molecule has 3 N–H and O–H groups in total. The monoisotopic (exact) mass is 277 g/mol. The lowest BCUT2D eigenvalue weighted by Gasteiger charge is -2.08. The Kier molecular flexibility index (Phi) is 3.83. The number of aliphatic hydroxyl groups excluding tert-OH is 2. The number of aliphatic hydroxyl groups is 2. The predicted octanol–water partition coefficient (Wildman–Crippen LogP) is 2.00. The summed E-state index contributed by atoms with van der Waals surface area (Å²) in [6, 6.07) is 3.41. The molecule has 0 spiro atoms. The quantitative estimate of drug-likeness (QED) is 0.798. The van der Waals surface area contributed by atoms with Gasteiger partial charge in [-0.3, -0.25) is 0 Å². The van der Waals surface area contributed by atoms with E-state index in [0.29, 0.717) is 12.1 Å². The molecule has 0 saturated carbocycles. The molecule has 1 aromatic heterocycles. The van der Waals surface area contributed by atoms with E-state index in [4.69, 9.17) is 0 Å². The number of carboxylic acid groups (broad SMARTS) is 1. The second-order valence-corrected chi connectivity index (χ2v) is 5.04. The van der Waals surface area contributed by atoms with Crippen molar-refractivity contribution in [1.82, 2.24) is 4.57 Å². The summed E-state index contributed by atoms with van der Waals surface area (Å²) in [5.74, 6) is -0.975. The van der Waals surface area contributed by atoms with Gasteiger partial charge in [0.2, 0.25) is 0 Å². The van der Waals surface area contributed by atoms with Gasteiger partial charge in [0, 0.05) is 28.7 Å². The number of nitrogens with zero attached hydrogens (tertiary/aromatic N) is 1. The maximum Gasteiger partial charge on any atom is 0.336 e. The van der Waals surface area contributed by atoms with Crippen LogP contribution in [0, 0.1) is 13.8 Å². The van der Waals surface area contributed by atoms with Crippen molar-refractivity contribution in [2.24, 2.45) is 0 Å². The van der Waals surface area contributed by atoms with Crippen molar-refractivity contribution in [3.05, 3.63) is 34.5 Å². The van der Waals surface area contributed by atoms with E-state index in [1.165, 1.54) is 0 Å². The number of benzene rings is 1. The van der Waals surface area contributed by atoms with Gasteiger partial charge in [-0.2, -0.15) is 0 Å². The molecule has 20 heavy (non-hydrogen) atoms. The summed E-state index contributed by atoms with van der Waals surface area (Å²) >= 11 is 0. The third-order valence-electron chi connectivity index (χ3n) is 3.69. The lowest BCUT2D eigenvalue weighted by molar-refractivity contribution is 0.0696. The lowest BCUT2D eigenvalue weighted by atomic mass is 10.0. The molecular formula is C15H19NO4. The summed E-state index contributed by atoms with van der Waals surface area (Å²) in [4.78, 5) is 11.3. The zero-order valence-electron chi connectivity index (χ0n) is 11.8. The molecule has 5 heteroatoms. The van der Waals surface area contributed by atoms with Crippen LogP contribution in [0.15, 0.2) is 12.1 Å². The van der Waals surface area contributed by atoms with Gasteiger partial charge in [-0.1, -0.05) is 0 Å². The van der Waals surface area contributed by atoms with E-state index in [2.05, 4.69) is 0 Å². The molecule has 0 fully saturated rings. The van der Waals surface area contributed by atoms with Gasteiger partial charge in [-0.15, -0.1) is 0 Å². The standard InChI is InChI=1S/C15H19NO4/c1-8-6-12-13(7-11(8)15(19)20)16(4-5-17)9(2)14(12)10(3)18/h6-7,10,17-18H,4-5H2,1-3H3,(H,19,20). The first-order valence-electron chi connectivity index (χ1n) is 6.54. The molecular weight excluding hydrogens is 258 g/mol. The SMILES string of the molecule is Cc1cc2c(C(C)O)c(C)n(CCO)c2cc1C(=O)O. The summed E-state index contributed by atoms with van der Waals surface area (Å²) < 4.78 is 1.85. The van der Waals surface area contributed by atoms with Crippen molar-refractivity contribution in [1.29, 1.82) is 0 Å². The van der Waals surface area contributed by atoms with Crippen molar-refractivity contribution < 1.29 is 20.1 Å². The molecule has 0 aliphatic rings. The number of carbonyl (C=O) groups is 1. The fraction of sp³-hybridized carbons (Fsp3) is 0.400. The topological polar surface area (TPSA) is 82.7 Å². The molecule has 5 nitrogen and oxygen atoms in total. The third kappa shape index (κ3) is 2.19. The summed E-state index contributed by atoms with van der Waals surface area (Å²) in [5.41, 5.74) is 3.27. The van der Waals surface area contributed by atoms with Gasteiger partial charge < -0.3 is 19.9 Å². The molecule has 2 aromatic rings. The van der Waals surface area contributed by atoms with Crippen LogP contribution in [-0.4, -0.2) is 32.5 Å². The average molecular weight is 277 g/mol. The minimum absolute atomic E-state index is 0.0415. The second-order valence-electron chi connectivity index (χ2n) is 5.04. The highest BCUT2D eigenvalue weighted by Crippen LogP contribution is 2.32. The van der Waals surface area contributed by atoms with Gasteiger partial charge in [0.05, 0.1) is 18.3 Å². The average Bonchev–Trinajstić information content (AvgIpc) is 2.61. The zero-order valence-corrected chi connectivity index (χ0v) is 11.8. The van der Waals surface area contributed by atoms with E-state index in [0.717, 1.165) is 22.2 Å². The first-order chi connectivity index (χ1) is 9.38. The van der Waals surface area contributed by atoms with E-state index in [-0.39, 0.29) is 12.2 Å². The molecule has 2 rings (SSSR count). The molecule has 1 aromatic carbocycles. The van der Waals surface area contributed by atoms with Crippen molar-refractivity contribution in [3.8, 4) is 0 Å². The molecule has 0 amide bonds. The number of aromatic carboxylic acids is 1. The largest absolute Gasteiger partial charge is 0.478 e. The van der Waals surface area contributed by atoms with Crippen LogP contribution in [-0.2, 0) is 6.54 Å². The molecule has 1 heterocycles. The Balaban J connectivity index is 2.86. The van der Waals surface area contributed by atoms with Crippen LogP contribution < -0.4 is 0 Å². The van der Waals surface area contributed by atoms with Crippen LogP contribution in [0.5, 0.6) is 0 Å². The smallest absolute Gasteiger partial charge is 0.336 e. The number of aromatic nitrogens is 1. The van der Waals surface area contributed by atoms with Crippen LogP contribution in [0.4, 0.5) is 0 Å². The molecule has 108 valence electrons. The number of carboxylic acids is 1. The molecule has 0 aliphatic heterocycles. The highest BCUT2D eigenvalue weighted by Gasteiger charge is 2.20. The Morgan fingerprint density at radius 3 is 2.50 bits per heavy atom. The summed E-state index contributed by atoms with van der Waals surface area (Å²) in [5, 5.41) is 29.2. The normalized spacial score (nSPS) is 12.8. The molecule has 0 radical (unpaired) electrons. The third-order valence-corrected chi connectivity index (χ3v) is 3.69. The molecule has 0 aliphatic carbocycles. The summed E-state index contributed by atoms with van der Waals surface area (Å²) in [6.07, 6.45) is -0.646. The number of aryl methyl sites for hydroxylation is 1. The molecule has 0 saturated heterocycles. The zero-order chi connectivity index (χ0) is 15.0. The molecule has 1 unspecified atom stereocenters. The van der Waals surface area contributed by atoms with Crippen LogP contribution in [0.2, 0.25) is 0 Å². The van der Waals surface area contributed by atoms with E-state index in [9.17, 15) is 20.1 Å². The Bertz CT molecular complexity index is 670. The maximum absolute atomic E-state index is 11.3. The highest BCUT2D eigenvalue weighted by atomic mass is 16.4. The van der Waals surface area contributed by atoms with E-state index in [1.54, 1.807) is 26.0 Å². The Labute approximate surface area is 117 Å². The van der Waals surface area contributed by atoms with Gasteiger partial charge in [-0.05, 0) is 38.5 Å².